The van der Waals surface area contributed by atoms with Crippen molar-refractivity contribution in [3.05, 3.63) is 15.6 Å². The molecule has 1 aromatic heterocycles. The van der Waals surface area contributed by atoms with Gasteiger partial charge in [-0.25, -0.2) is 4.98 Å². The SMILES string of the molecule is Cc1nc(CNCCCN)sc1C. The highest BCUT2D eigenvalue weighted by Gasteiger charge is 2.01. The number of nitrogens with zero attached hydrogens (tertiary/aromatic N) is 1. The van der Waals surface area contributed by atoms with Crippen LogP contribution in [0.15, 0.2) is 0 Å². The molecule has 0 spiro atoms. The third kappa shape index (κ3) is 3.42. The second-order valence-electron chi connectivity index (χ2n) is 3.07. The van der Waals surface area contributed by atoms with Gasteiger partial charge < -0.3 is 11.1 Å². The van der Waals surface area contributed by atoms with Crippen molar-refractivity contribution in [2.75, 3.05) is 13.1 Å². The second kappa shape index (κ2) is 5.32. The molecule has 4 heteroatoms. The number of thiazole rings is 1. The first kappa shape index (κ1) is 10.6. The lowest BCUT2D eigenvalue weighted by Crippen LogP contribution is -2.17. The Morgan fingerprint density at radius 1 is 1.46 bits per heavy atom. The van der Waals surface area contributed by atoms with E-state index in [1.165, 1.54) is 9.88 Å². The molecule has 0 unspecified atom stereocenters. The fourth-order valence-electron chi connectivity index (χ4n) is 1.04. The number of aromatic nitrogens is 1. The van der Waals surface area contributed by atoms with E-state index in [0.717, 1.165) is 31.7 Å². The second-order valence-corrected chi connectivity index (χ2v) is 4.36. The Balaban J connectivity index is 2.29. The van der Waals surface area contributed by atoms with Crippen molar-refractivity contribution in [2.45, 2.75) is 26.8 Å². The monoisotopic (exact) mass is 199 g/mol. The highest BCUT2D eigenvalue weighted by atomic mass is 32.1. The summed E-state index contributed by atoms with van der Waals surface area (Å²) in [6.45, 7) is 6.77. The number of rotatable bonds is 5. The molecule has 0 bridgehead atoms. The maximum Gasteiger partial charge on any atom is 0.107 e. The molecule has 0 amide bonds. The van der Waals surface area contributed by atoms with E-state index in [9.17, 15) is 0 Å². The van der Waals surface area contributed by atoms with Crippen molar-refractivity contribution >= 4 is 11.3 Å². The van der Waals surface area contributed by atoms with Gasteiger partial charge in [0.1, 0.15) is 5.01 Å². The van der Waals surface area contributed by atoms with Gasteiger partial charge in [0.2, 0.25) is 0 Å². The van der Waals surface area contributed by atoms with Gasteiger partial charge in [0, 0.05) is 11.4 Å². The molecule has 0 atom stereocenters. The largest absolute Gasteiger partial charge is 0.330 e. The van der Waals surface area contributed by atoms with Crippen LogP contribution in [0.1, 0.15) is 22.0 Å². The number of hydrogen-bond acceptors (Lipinski definition) is 4. The van der Waals surface area contributed by atoms with Crippen LogP contribution >= 0.6 is 11.3 Å². The van der Waals surface area contributed by atoms with Crippen LogP contribution in [0.4, 0.5) is 0 Å². The molecule has 0 fully saturated rings. The van der Waals surface area contributed by atoms with E-state index in [-0.39, 0.29) is 0 Å². The average molecular weight is 199 g/mol. The summed E-state index contributed by atoms with van der Waals surface area (Å²) in [5.74, 6) is 0. The van der Waals surface area contributed by atoms with Crippen LogP contribution in [0.3, 0.4) is 0 Å². The van der Waals surface area contributed by atoms with Crippen molar-refractivity contribution < 1.29 is 0 Å². The van der Waals surface area contributed by atoms with Gasteiger partial charge in [0.05, 0.1) is 5.69 Å². The molecule has 0 radical (unpaired) electrons. The van der Waals surface area contributed by atoms with E-state index in [1.54, 1.807) is 11.3 Å². The van der Waals surface area contributed by atoms with Crippen LogP contribution in [-0.4, -0.2) is 18.1 Å². The summed E-state index contributed by atoms with van der Waals surface area (Å²) in [4.78, 5) is 5.75. The molecule has 0 saturated carbocycles. The summed E-state index contributed by atoms with van der Waals surface area (Å²) in [6, 6.07) is 0. The van der Waals surface area contributed by atoms with Crippen LogP contribution in [0, 0.1) is 13.8 Å². The van der Waals surface area contributed by atoms with E-state index in [0.29, 0.717) is 0 Å². The van der Waals surface area contributed by atoms with Gasteiger partial charge in [-0.3, -0.25) is 0 Å². The third-order valence-electron chi connectivity index (χ3n) is 1.91. The van der Waals surface area contributed by atoms with Crippen molar-refractivity contribution in [2.24, 2.45) is 5.73 Å². The lowest BCUT2D eigenvalue weighted by molar-refractivity contribution is 0.652. The Kier molecular flexibility index (Phi) is 4.35. The molecule has 1 aromatic rings. The van der Waals surface area contributed by atoms with Crippen molar-refractivity contribution in [3.8, 4) is 0 Å². The molecular formula is C9H17N3S. The van der Waals surface area contributed by atoms with Gasteiger partial charge in [-0.2, -0.15) is 0 Å². The lowest BCUT2D eigenvalue weighted by Gasteiger charge is -1.99. The minimum absolute atomic E-state index is 0.753. The van der Waals surface area contributed by atoms with Crippen LogP contribution in [-0.2, 0) is 6.54 Å². The predicted octanol–water partition coefficient (Wildman–Crippen LogP) is 1.20. The van der Waals surface area contributed by atoms with Crippen molar-refractivity contribution in [1.29, 1.82) is 0 Å². The zero-order valence-corrected chi connectivity index (χ0v) is 9.08. The summed E-state index contributed by atoms with van der Waals surface area (Å²) < 4.78 is 0. The Labute approximate surface area is 83.4 Å². The average Bonchev–Trinajstić information content (AvgIpc) is 2.41. The first-order valence-corrected chi connectivity index (χ1v) is 5.39. The van der Waals surface area contributed by atoms with E-state index in [1.807, 2.05) is 0 Å². The zero-order chi connectivity index (χ0) is 9.68. The Morgan fingerprint density at radius 3 is 2.77 bits per heavy atom. The van der Waals surface area contributed by atoms with Gasteiger partial charge in [-0.1, -0.05) is 0 Å². The Bertz CT molecular complexity index is 238. The highest BCUT2D eigenvalue weighted by molar-refractivity contribution is 7.11. The quantitative estimate of drug-likeness (QED) is 0.701. The van der Waals surface area contributed by atoms with Crippen LogP contribution in [0.25, 0.3) is 0 Å². The fraction of sp³-hybridized carbons (Fsp3) is 0.667. The molecular weight excluding hydrogens is 182 g/mol. The van der Waals surface area contributed by atoms with E-state index in [4.69, 9.17) is 5.73 Å². The summed E-state index contributed by atoms with van der Waals surface area (Å²) in [6.07, 6.45) is 1.03. The predicted molar refractivity (Wildman–Crippen MR) is 57.0 cm³/mol. The fourth-order valence-corrected chi connectivity index (χ4v) is 1.94. The minimum Gasteiger partial charge on any atom is -0.330 e. The molecule has 1 rings (SSSR count). The number of nitrogens with one attached hydrogen (secondary N) is 1. The molecule has 1 heterocycles. The van der Waals surface area contributed by atoms with Crippen LogP contribution < -0.4 is 11.1 Å². The highest BCUT2D eigenvalue weighted by Crippen LogP contribution is 2.15. The van der Waals surface area contributed by atoms with Gasteiger partial charge in [0.25, 0.3) is 0 Å². The molecule has 3 nitrogen and oxygen atoms in total. The Morgan fingerprint density at radius 2 is 2.23 bits per heavy atom. The summed E-state index contributed by atoms with van der Waals surface area (Å²) >= 11 is 1.77. The van der Waals surface area contributed by atoms with Crippen LogP contribution in [0.2, 0.25) is 0 Å². The van der Waals surface area contributed by atoms with E-state index < -0.39 is 0 Å². The van der Waals surface area contributed by atoms with E-state index in [2.05, 4.69) is 24.1 Å². The molecule has 3 N–H and O–H groups in total. The molecule has 0 aliphatic rings. The molecule has 0 aliphatic carbocycles. The molecule has 0 aromatic carbocycles. The number of nitrogens with two attached hydrogens (primary N) is 1. The molecule has 0 saturated heterocycles. The van der Waals surface area contributed by atoms with Crippen LogP contribution in [0.5, 0.6) is 0 Å². The third-order valence-corrected chi connectivity index (χ3v) is 2.98. The number of hydrogen-bond donors (Lipinski definition) is 2. The molecule has 74 valence electrons. The topological polar surface area (TPSA) is 50.9 Å². The first-order valence-electron chi connectivity index (χ1n) is 4.57. The van der Waals surface area contributed by atoms with Gasteiger partial charge >= 0.3 is 0 Å². The Hall–Kier alpha value is -0.450. The first-order chi connectivity index (χ1) is 6.24. The maximum absolute atomic E-state index is 5.38. The van der Waals surface area contributed by atoms with Gasteiger partial charge in [-0.15, -0.1) is 11.3 Å². The summed E-state index contributed by atoms with van der Waals surface area (Å²) in [5, 5.41) is 4.48. The molecule has 0 aliphatic heterocycles. The molecule has 13 heavy (non-hydrogen) atoms. The van der Waals surface area contributed by atoms with Gasteiger partial charge in [0.15, 0.2) is 0 Å². The normalized spacial score (nSPS) is 10.7. The van der Waals surface area contributed by atoms with Crippen molar-refractivity contribution in [3.63, 3.8) is 0 Å². The standard InChI is InChI=1S/C9H17N3S/c1-7-8(2)13-9(12-7)6-11-5-3-4-10/h11H,3-6,10H2,1-2H3. The zero-order valence-electron chi connectivity index (χ0n) is 8.26. The minimum atomic E-state index is 0.753. The maximum atomic E-state index is 5.38. The van der Waals surface area contributed by atoms with E-state index >= 15 is 0 Å². The number of aryl methyl sites for hydroxylation is 2. The summed E-state index contributed by atoms with van der Waals surface area (Å²) in [7, 11) is 0. The lowest BCUT2D eigenvalue weighted by atomic mass is 10.4. The summed E-state index contributed by atoms with van der Waals surface area (Å²) in [5.41, 5.74) is 6.54. The van der Waals surface area contributed by atoms with Crippen molar-refractivity contribution in [1.82, 2.24) is 10.3 Å². The van der Waals surface area contributed by atoms with Gasteiger partial charge in [-0.05, 0) is 33.4 Å². The smallest absolute Gasteiger partial charge is 0.107 e.